The molecule has 0 unspecified atom stereocenters. The van der Waals surface area contributed by atoms with Crippen LogP contribution in [0.4, 0.5) is 0 Å². The van der Waals surface area contributed by atoms with Gasteiger partial charge in [-0.05, 0) is 123 Å². The van der Waals surface area contributed by atoms with Crippen LogP contribution in [0.15, 0.2) is 249 Å². The fourth-order valence-electron chi connectivity index (χ4n) is 10.7. The summed E-state index contributed by atoms with van der Waals surface area (Å²) in [4.78, 5) is 16.0. The van der Waals surface area contributed by atoms with Gasteiger partial charge in [0.05, 0.1) is 22.1 Å². The first-order chi connectivity index (χ1) is 34.7. The number of nitrogens with zero attached hydrogens (tertiary/aromatic N) is 5. The molecular weight excluding hydrogens is 851 g/mol. The second kappa shape index (κ2) is 16.1. The number of benzene rings is 11. The molecule has 0 aliphatic carbocycles. The third kappa shape index (κ3) is 6.51. The van der Waals surface area contributed by atoms with Crippen molar-refractivity contribution < 1.29 is 0 Å². The maximum Gasteiger partial charge on any atom is 0.164 e. The smallest absolute Gasteiger partial charge is 0.164 e. The molecule has 5 heteroatoms. The Morgan fingerprint density at radius 2 is 0.829 bits per heavy atom. The van der Waals surface area contributed by atoms with Gasteiger partial charge >= 0.3 is 0 Å². The minimum Gasteiger partial charge on any atom is -0.309 e. The fraction of sp³-hybridized carbons (Fsp3) is 0. The highest BCUT2D eigenvalue weighted by Crippen LogP contribution is 2.42. The average Bonchev–Trinajstić information content (AvgIpc) is 3.95. The number of para-hydroxylation sites is 2. The summed E-state index contributed by atoms with van der Waals surface area (Å²) < 4.78 is 4.77. The van der Waals surface area contributed by atoms with Crippen LogP contribution in [0.3, 0.4) is 0 Å². The van der Waals surface area contributed by atoms with Crippen molar-refractivity contribution in [2.45, 2.75) is 0 Å². The zero-order valence-electron chi connectivity index (χ0n) is 37.9. The SMILES string of the molecule is c1ccc(-c2cccc(-c3cc(-n4c5cc6ccccc6cc5c5c6ccccc6ccc54)ccc3-c3nc(-c4ccccc4)nc(-c4ccc5c(c4)c4ccccc4n5-c4ccccc4)n3)c2)cc1. The van der Waals surface area contributed by atoms with Crippen LogP contribution in [-0.4, -0.2) is 24.1 Å². The first-order valence-corrected chi connectivity index (χ1v) is 23.8. The van der Waals surface area contributed by atoms with Gasteiger partial charge in [0.15, 0.2) is 17.5 Å². The molecule has 0 saturated heterocycles. The molecule has 326 valence electrons. The standard InChI is InChI=1S/C65H41N5/c1-4-17-42(18-5-1)45-24-16-25-48(37-45)55-41-51(70-60-36-31-43-19-12-13-28-52(43)62(60)57-38-46-22-10-11-23-47(46)40-61(57)70)33-34-54(55)65-67-63(44-20-6-2-7-21-44)66-64(68-65)49-32-35-59-56(39-49)53-29-14-15-30-58(53)69(59)50-26-8-3-9-27-50/h1-41H. The summed E-state index contributed by atoms with van der Waals surface area (Å²) in [6.45, 7) is 0. The van der Waals surface area contributed by atoms with E-state index in [2.05, 4.69) is 240 Å². The molecule has 14 rings (SSSR count). The van der Waals surface area contributed by atoms with Gasteiger partial charge in [-0.2, -0.15) is 0 Å². The summed E-state index contributed by atoms with van der Waals surface area (Å²) in [7, 11) is 0. The predicted octanol–water partition coefficient (Wildman–Crippen LogP) is 16.7. The van der Waals surface area contributed by atoms with Crippen molar-refractivity contribution in [3.05, 3.63) is 249 Å². The van der Waals surface area contributed by atoms with Gasteiger partial charge in [-0.25, -0.2) is 15.0 Å². The van der Waals surface area contributed by atoms with Crippen molar-refractivity contribution in [1.29, 1.82) is 0 Å². The second-order valence-corrected chi connectivity index (χ2v) is 18.0. The van der Waals surface area contributed by atoms with Crippen molar-refractivity contribution >= 4 is 65.2 Å². The van der Waals surface area contributed by atoms with E-state index in [0.29, 0.717) is 17.5 Å². The number of hydrogen-bond donors (Lipinski definition) is 0. The maximum atomic E-state index is 5.44. The van der Waals surface area contributed by atoms with E-state index in [1.54, 1.807) is 0 Å². The lowest BCUT2D eigenvalue weighted by Crippen LogP contribution is -2.02. The lowest BCUT2D eigenvalue weighted by atomic mass is 9.94. The van der Waals surface area contributed by atoms with Crippen molar-refractivity contribution in [3.8, 4) is 67.8 Å². The van der Waals surface area contributed by atoms with Gasteiger partial charge in [0.25, 0.3) is 0 Å². The lowest BCUT2D eigenvalue weighted by Gasteiger charge is -2.16. The molecule has 0 spiro atoms. The Kier molecular flexibility index (Phi) is 9.14. The topological polar surface area (TPSA) is 48.5 Å². The van der Waals surface area contributed by atoms with E-state index >= 15 is 0 Å². The minimum atomic E-state index is 0.599. The quantitative estimate of drug-likeness (QED) is 0.160. The van der Waals surface area contributed by atoms with E-state index in [-0.39, 0.29) is 0 Å². The van der Waals surface area contributed by atoms with Crippen LogP contribution in [0, 0.1) is 0 Å². The average molecular weight is 892 g/mol. The van der Waals surface area contributed by atoms with Crippen molar-refractivity contribution in [2.75, 3.05) is 0 Å². The molecule has 0 saturated carbocycles. The molecule has 0 aliphatic heterocycles. The Balaban J connectivity index is 1.02. The van der Waals surface area contributed by atoms with E-state index < -0.39 is 0 Å². The molecule has 0 amide bonds. The van der Waals surface area contributed by atoms with Crippen molar-refractivity contribution in [2.24, 2.45) is 0 Å². The van der Waals surface area contributed by atoms with Crippen LogP contribution < -0.4 is 0 Å². The Hall–Kier alpha value is -9.45. The van der Waals surface area contributed by atoms with Crippen LogP contribution >= 0.6 is 0 Å². The molecule has 0 radical (unpaired) electrons. The van der Waals surface area contributed by atoms with Crippen LogP contribution in [-0.2, 0) is 0 Å². The summed E-state index contributed by atoms with van der Waals surface area (Å²) in [6.07, 6.45) is 0. The molecule has 14 aromatic rings. The van der Waals surface area contributed by atoms with Crippen LogP contribution in [0.2, 0.25) is 0 Å². The third-order valence-electron chi connectivity index (χ3n) is 13.9. The van der Waals surface area contributed by atoms with E-state index in [0.717, 1.165) is 77.8 Å². The second-order valence-electron chi connectivity index (χ2n) is 18.0. The highest BCUT2D eigenvalue weighted by molar-refractivity contribution is 6.23. The predicted molar refractivity (Wildman–Crippen MR) is 291 cm³/mol. The Bertz CT molecular complexity index is 4340. The third-order valence-corrected chi connectivity index (χ3v) is 13.9. The lowest BCUT2D eigenvalue weighted by molar-refractivity contribution is 1.07. The first kappa shape index (κ1) is 39.7. The summed E-state index contributed by atoms with van der Waals surface area (Å²) in [6, 6.07) is 88.9. The monoisotopic (exact) mass is 891 g/mol. The molecular formula is C65H41N5. The Morgan fingerprint density at radius 3 is 1.63 bits per heavy atom. The molecule has 0 N–H and O–H groups in total. The Morgan fingerprint density at radius 1 is 0.243 bits per heavy atom. The van der Waals surface area contributed by atoms with Crippen molar-refractivity contribution in [1.82, 2.24) is 24.1 Å². The van der Waals surface area contributed by atoms with Gasteiger partial charge < -0.3 is 9.13 Å². The van der Waals surface area contributed by atoms with Crippen molar-refractivity contribution in [3.63, 3.8) is 0 Å². The molecule has 0 fully saturated rings. The molecule has 3 heterocycles. The molecule has 0 aliphatic rings. The first-order valence-electron chi connectivity index (χ1n) is 23.8. The normalized spacial score (nSPS) is 11.7. The van der Waals surface area contributed by atoms with Gasteiger partial charge in [0, 0.05) is 49.6 Å². The Labute approximate surface area is 403 Å². The minimum absolute atomic E-state index is 0.599. The van der Waals surface area contributed by atoms with E-state index in [1.165, 1.54) is 37.7 Å². The molecule has 11 aromatic carbocycles. The zero-order chi connectivity index (χ0) is 46.1. The summed E-state index contributed by atoms with van der Waals surface area (Å²) in [5.74, 6) is 1.82. The number of hydrogen-bond acceptors (Lipinski definition) is 3. The molecule has 0 atom stereocenters. The highest BCUT2D eigenvalue weighted by Gasteiger charge is 2.22. The maximum absolute atomic E-state index is 5.44. The zero-order valence-corrected chi connectivity index (χ0v) is 37.9. The van der Waals surface area contributed by atoms with Gasteiger partial charge in [-0.3, -0.25) is 0 Å². The summed E-state index contributed by atoms with van der Waals surface area (Å²) in [5.41, 5.74) is 13.8. The highest BCUT2D eigenvalue weighted by atomic mass is 15.0. The van der Waals surface area contributed by atoms with Gasteiger partial charge in [-0.1, -0.05) is 170 Å². The van der Waals surface area contributed by atoms with Gasteiger partial charge in [0.2, 0.25) is 0 Å². The van der Waals surface area contributed by atoms with Gasteiger partial charge in [0.1, 0.15) is 0 Å². The molecule has 0 bridgehead atoms. The van der Waals surface area contributed by atoms with E-state index in [1.807, 2.05) is 18.2 Å². The summed E-state index contributed by atoms with van der Waals surface area (Å²) in [5, 5.41) is 9.64. The number of aromatic nitrogens is 5. The fourth-order valence-corrected chi connectivity index (χ4v) is 10.7. The van der Waals surface area contributed by atoms with E-state index in [9.17, 15) is 0 Å². The molecule has 3 aromatic heterocycles. The summed E-state index contributed by atoms with van der Waals surface area (Å²) >= 11 is 0. The van der Waals surface area contributed by atoms with Gasteiger partial charge in [-0.15, -0.1) is 0 Å². The molecule has 5 nitrogen and oxygen atoms in total. The molecule has 70 heavy (non-hydrogen) atoms. The van der Waals surface area contributed by atoms with E-state index in [4.69, 9.17) is 15.0 Å². The van der Waals surface area contributed by atoms with Crippen LogP contribution in [0.25, 0.3) is 133 Å². The largest absolute Gasteiger partial charge is 0.309 e. The van der Waals surface area contributed by atoms with Crippen LogP contribution in [0.1, 0.15) is 0 Å². The number of rotatable bonds is 7. The van der Waals surface area contributed by atoms with Crippen LogP contribution in [0.5, 0.6) is 0 Å². The number of fused-ring (bicyclic) bond motifs is 9.